The number of hydrogen-bond acceptors (Lipinski definition) is 4. The zero-order valence-corrected chi connectivity index (χ0v) is 33.5. The molecule has 0 bridgehead atoms. The van der Waals surface area contributed by atoms with E-state index in [9.17, 15) is 0 Å². The van der Waals surface area contributed by atoms with Crippen molar-refractivity contribution in [3.63, 3.8) is 0 Å². The maximum Gasteiger partial charge on any atom is 0.501 e. The molecule has 1 rings (SSSR count). The van der Waals surface area contributed by atoms with Crippen molar-refractivity contribution in [3.8, 4) is 0 Å². The summed E-state index contributed by atoms with van der Waals surface area (Å²) in [5, 5.41) is 0. The minimum Gasteiger partial charge on any atom is -0.371 e. The minimum absolute atomic E-state index is 0.129. The van der Waals surface area contributed by atoms with E-state index in [-0.39, 0.29) is 18.3 Å². The molecule has 0 radical (unpaired) electrons. The van der Waals surface area contributed by atoms with Crippen LogP contribution < -0.4 is 0 Å². The lowest BCUT2D eigenvalue weighted by Gasteiger charge is -2.37. The summed E-state index contributed by atoms with van der Waals surface area (Å²) in [6.45, 7) is 17.4. The standard InChI is InChI=1S/C42H81NO3Si/c1-7-10-13-16-19-22-27-33-40(4)44-47(39-31-26-25-30-36-43-37-32-38-43,45-41(5)34-28-23-20-17-14-11-8-2)46-42(6)35-29-24-21-18-15-12-9-3/h19-24,40-42H,7-18,25-39H2,1-6H3/b22-19-,23-20-,24-21-/t40-,41-,42-/m0/s1. The van der Waals surface area contributed by atoms with E-state index < -0.39 is 8.80 Å². The first-order valence-electron chi connectivity index (χ1n) is 20.6. The van der Waals surface area contributed by atoms with E-state index in [4.69, 9.17) is 13.3 Å². The number of unbranched alkanes of at least 4 members (excludes halogenated alkanes) is 12. The highest BCUT2D eigenvalue weighted by Gasteiger charge is 2.45. The third-order valence-electron chi connectivity index (χ3n) is 9.44. The van der Waals surface area contributed by atoms with E-state index in [1.165, 1.54) is 122 Å². The van der Waals surface area contributed by atoms with Crippen LogP contribution in [0.3, 0.4) is 0 Å². The number of rotatable bonds is 34. The molecule has 3 atom stereocenters. The molecule has 0 saturated carbocycles. The van der Waals surface area contributed by atoms with Gasteiger partial charge in [-0.2, -0.15) is 0 Å². The predicted molar refractivity (Wildman–Crippen MR) is 209 cm³/mol. The fourth-order valence-corrected chi connectivity index (χ4v) is 9.62. The molecule has 1 heterocycles. The molecular weight excluding hydrogens is 595 g/mol. The fourth-order valence-electron chi connectivity index (χ4n) is 6.23. The van der Waals surface area contributed by atoms with Crippen molar-refractivity contribution in [2.45, 2.75) is 214 Å². The van der Waals surface area contributed by atoms with Gasteiger partial charge in [-0.1, -0.05) is 109 Å². The van der Waals surface area contributed by atoms with Gasteiger partial charge < -0.3 is 18.2 Å². The van der Waals surface area contributed by atoms with Gasteiger partial charge in [-0.25, -0.2) is 0 Å². The normalized spacial score (nSPS) is 16.5. The van der Waals surface area contributed by atoms with Crippen LogP contribution >= 0.6 is 0 Å². The second kappa shape index (κ2) is 31.3. The van der Waals surface area contributed by atoms with Crippen LogP contribution in [-0.4, -0.2) is 51.7 Å². The Morgan fingerprint density at radius 3 is 1.23 bits per heavy atom. The van der Waals surface area contributed by atoms with Gasteiger partial charge in [0.05, 0.1) is 0 Å². The van der Waals surface area contributed by atoms with Gasteiger partial charge in [-0.05, 0) is 137 Å². The highest BCUT2D eigenvalue weighted by molar-refractivity contribution is 6.60. The average molecular weight is 676 g/mol. The van der Waals surface area contributed by atoms with Crippen molar-refractivity contribution in [1.29, 1.82) is 0 Å². The third-order valence-corrected chi connectivity index (χ3v) is 12.7. The van der Waals surface area contributed by atoms with Crippen LogP contribution in [-0.2, 0) is 13.3 Å². The first kappa shape index (κ1) is 44.3. The lowest BCUT2D eigenvalue weighted by atomic mass is 10.1. The molecule has 0 aromatic heterocycles. The van der Waals surface area contributed by atoms with Crippen LogP contribution in [0.2, 0.25) is 6.04 Å². The molecule has 47 heavy (non-hydrogen) atoms. The van der Waals surface area contributed by atoms with Gasteiger partial charge in [-0.3, -0.25) is 0 Å². The van der Waals surface area contributed by atoms with E-state index >= 15 is 0 Å². The molecule has 1 aliphatic rings. The third kappa shape index (κ3) is 25.8. The molecule has 1 fully saturated rings. The SMILES string of the molecule is CCCCC/C=C\CC[C@H](C)O[Si](CCCCCCN1CCC1)(O[C@@H](C)CC/C=C\CCCCC)O[C@@H](C)CC/C=C\CCCCC. The average Bonchev–Trinajstić information content (AvgIpc) is 3.02. The number of allylic oxidation sites excluding steroid dienone is 6. The highest BCUT2D eigenvalue weighted by Crippen LogP contribution is 2.28. The van der Waals surface area contributed by atoms with Crippen LogP contribution in [0.25, 0.3) is 0 Å². The summed E-state index contributed by atoms with van der Waals surface area (Å²) in [6, 6.07) is 0.933. The van der Waals surface area contributed by atoms with Gasteiger partial charge in [0.1, 0.15) is 0 Å². The van der Waals surface area contributed by atoms with Crippen LogP contribution in [0.15, 0.2) is 36.5 Å². The summed E-state index contributed by atoms with van der Waals surface area (Å²) >= 11 is 0. The van der Waals surface area contributed by atoms with Gasteiger partial charge in [0, 0.05) is 24.4 Å². The topological polar surface area (TPSA) is 30.9 Å². The van der Waals surface area contributed by atoms with Crippen molar-refractivity contribution in [1.82, 2.24) is 4.90 Å². The monoisotopic (exact) mass is 676 g/mol. The van der Waals surface area contributed by atoms with Crippen molar-refractivity contribution in [3.05, 3.63) is 36.5 Å². The molecule has 1 saturated heterocycles. The Morgan fingerprint density at radius 2 is 0.872 bits per heavy atom. The minimum atomic E-state index is -2.90. The van der Waals surface area contributed by atoms with Crippen LogP contribution in [0.5, 0.6) is 0 Å². The number of hydrogen-bond donors (Lipinski definition) is 0. The van der Waals surface area contributed by atoms with E-state index in [1.54, 1.807) is 0 Å². The van der Waals surface area contributed by atoms with E-state index in [2.05, 4.69) is 82.9 Å². The lowest BCUT2D eigenvalue weighted by molar-refractivity contribution is -0.0134. The Kier molecular flexibility index (Phi) is 29.5. The molecule has 0 aliphatic carbocycles. The van der Waals surface area contributed by atoms with Gasteiger partial charge >= 0.3 is 8.80 Å². The molecule has 5 heteroatoms. The molecule has 4 nitrogen and oxygen atoms in total. The molecule has 0 amide bonds. The zero-order chi connectivity index (χ0) is 34.3. The number of likely N-dealkylation sites (tertiary alicyclic amines) is 1. The van der Waals surface area contributed by atoms with Crippen LogP contribution in [0.4, 0.5) is 0 Å². The molecule has 0 N–H and O–H groups in total. The number of nitrogens with zero attached hydrogens (tertiary/aromatic N) is 1. The van der Waals surface area contributed by atoms with Crippen LogP contribution in [0.1, 0.15) is 189 Å². The first-order valence-corrected chi connectivity index (χ1v) is 22.6. The highest BCUT2D eigenvalue weighted by atomic mass is 28.4. The molecule has 0 spiro atoms. The second-order valence-corrected chi connectivity index (χ2v) is 17.0. The second-order valence-electron chi connectivity index (χ2n) is 14.5. The maximum atomic E-state index is 7.06. The van der Waals surface area contributed by atoms with Crippen molar-refractivity contribution >= 4 is 8.80 Å². The molecule has 276 valence electrons. The van der Waals surface area contributed by atoms with Gasteiger partial charge in [-0.15, -0.1) is 0 Å². The summed E-state index contributed by atoms with van der Waals surface area (Å²) < 4.78 is 21.2. The van der Waals surface area contributed by atoms with E-state index in [0.717, 1.165) is 51.0 Å². The van der Waals surface area contributed by atoms with Crippen molar-refractivity contribution < 1.29 is 13.3 Å². The largest absolute Gasteiger partial charge is 0.501 e. The molecular formula is C42H81NO3Si. The molecule has 0 aromatic carbocycles. The Morgan fingerprint density at radius 1 is 0.489 bits per heavy atom. The van der Waals surface area contributed by atoms with Gasteiger partial charge in [0.15, 0.2) is 0 Å². The lowest BCUT2D eigenvalue weighted by Crippen LogP contribution is -2.51. The Hall–Kier alpha value is -0.723. The smallest absolute Gasteiger partial charge is 0.371 e. The predicted octanol–water partition coefficient (Wildman–Crippen LogP) is 13.2. The Balaban J connectivity index is 2.89. The van der Waals surface area contributed by atoms with Crippen molar-refractivity contribution in [2.24, 2.45) is 0 Å². The van der Waals surface area contributed by atoms with Crippen LogP contribution in [0, 0.1) is 0 Å². The Labute approximate surface area is 295 Å². The summed E-state index contributed by atoms with van der Waals surface area (Å²) in [4.78, 5) is 2.59. The van der Waals surface area contributed by atoms with Crippen molar-refractivity contribution in [2.75, 3.05) is 19.6 Å². The summed E-state index contributed by atoms with van der Waals surface area (Å²) in [5.74, 6) is 0. The van der Waals surface area contributed by atoms with E-state index in [0.29, 0.717) is 0 Å². The summed E-state index contributed by atoms with van der Waals surface area (Å²) in [7, 11) is -2.90. The maximum absolute atomic E-state index is 7.06. The summed E-state index contributed by atoms with van der Waals surface area (Å²) in [6.07, 6.45) is 42.5. The summed E-state index contributed by atoms with van der Waals surface area (Å²) in [5.41, 5.74) is 0. The van der Waals surface area contributed by atoms with Gasteiger partial charge in [0.25, 0.3) is 0 Å². The first-order chi connectivity index (χ1) is 22.9. The Bertz CT molecular complexity index is 686. The fraction of sp³-hybridized carbons (Fsp3) is 0.857. The molecule has 0 aromatic rings. The van der Waals surface area contributed by atoms with E-state index in [1.807, 2.05) is 0 Å². The quantitative estimate of drug-likeness (QED) is 0.0386. The zero-order valence-electron chi connectivity index (χ0n) is 32.5. The van der Waals surface area contributed by atoms with Gasteiger partial charge in [0.2, 0.25) is 0 Å². The molecule has 1 aliphatic heterocycles. The molecule has 0 unspecified atom stereocenters.